The summed E-state index contributed by atoms with van der Waals surface area (Å²) in [6, 6.07) is 3.67. The lowest BCUT2D eigenvalue weighted by molar-refractivity contribution is 0.602. The van der Waals surface area contributed by atoms with Crippen molar-refractivity contribution in [2.45, 2.75) is 23.7 Å². The van der Waals surface area contributed by atoms with Crippen LogP contribution in [-0.4, -0.2) is 19.7 Å². The van der Waals surface area contributed by atoms with E-state index in [1.165, 1.54) is 17.7 Å². The molecule has 0 saturated heterocycles. The number of hydrogen-bond donors (Lipinski definition) is 1. The van der Waals surface area contributed by atoms with Gasteiger partial charge in [0, 0.05) is 16.5 Å². The van der Waals surface area contributed by atoms with Crippen molar-refractivity contribution < 1.29 is 8.42 Å². The number of nitrogens with zero attached hydrogens (tertiary/aromatic N) is 1. The highest BCUT2D eigenvalue weighted by atomic mass is 32.2. The molecule has 6 heteroatoms. The number of thiophene rings is 1. The van der Waals surface area contributed by atoms with E-state index in [1.54, 1.807) is 17.4 Å². The fraction of sp³-hybridized carbons (Fsp3) is 0.364. The number of sulfone groups is 1. The van der Waals surface area contributed by atoms with Gasteiger partial charge in [-0.3, -0.25) is 0 Å². The molecule has 90 valence electrons. The number of fused-ring (bicyclic) bond motifs is 1. The van der Waals surface area contributed by atoms with Crippen molar-refractivity contribution in [3.63, 3.8) is 0 Å². The molecule has 0 amide bonds. The largest absolute Gasteiger partial charge is 0.383 e. The summed E-state index contributed by atoms with van der Waals surface area (Å²) >= 11 is 1.62. The van der Waals surface area contributed by atoms with Crippen molar-refractivity contribution in [2.75, 3.05) is 12.0 Å². The summed E-state index contributed by atoms with van der Waals surface area (Å²) in [6.45, 7) is 0. The third-order valence-corrected chi connectivity index (χ3v) is 5.23. The van der Waals surface area contributed by atoms with Gasteiger partial charge in [-0.1, -0.05) is 0 Å². The minimum Gasteiger partial charge on any atom is -0.383 e. The molecule has 3 rings (SSSR count). The number of anilines is 1. The maximum absolute atomic E-state index is 11.5. The molecule has 0 spiro atoms. The fourth-order valence-corrected chi connectivity index (χ4v) is 3.81. The minimum atomic E-state index is -3.30. The van der Waals surface area contributed by atoms with E-state index in [-0.39, 0.29) is 10.7 Å². The molecule has 0 unspecified atom stereocenters. The summed E-state index contributed by atoms with van der Waals surface area (Å²) in [5.41, 5.74) is 5.69. The normalized spacial score (nSPS) is 16.5. The molecule has 2 N–H and O–H groups in total. The first-order chi connectivity index (χ1) is 7.95. The number of hydrogen-bond acceptors (Lipinski definition) is 5. The van der Waals surface area contributed by atoms with Crippen LogP contribution in [0, 0.1) is 0 Å². The second-order valence-corrected chi connectivity index (χ2v) is 7.51. The summed E-state index contributed by atoms with van der Waals surface area (Å²) in [4.78, 5) is 6.44. The highest BCUT2D eigenvalue weighted by Crippen LogP contribution is 2.45. The molecule has 0 bridgehead atoms. The lowest BCUT2D eigenvalue weighted by Gasteiger charge is -2.01. The number of nitrogens with two attached hydrogens (primary N) is 1. The van der Waals surface area contributed by atoms with Gasteiger partial charge in [0.05, 0.1) is 0 Å². The molecule has 0 aliphatic heterocycles. The van der Waals surface area contributed by atoms with Crippen molar-refractivity contribution >= 4 is 37.2 Å². The summed E-state index contributed by atoms with van der Waals surface area (Å²) in [5, 5.41) is 0.881. The monoisotopic (exact) mass is 268 g/mol. The van der Waals surface area contributed by atoms with Crippen LogP contribution in [0.4, 0.5) is 5.82 Å². The van der Waals surface area contributed by atoms with Crippen LogP contribution in [0.5, 0.6) is 0 Å². The SMILES string of the molecule is CS(=O)(=O)c1cc2cc(C3CC3)sc2nc1N. The van der Waals surface area contributed by atoms with Crippen LogP contribution in [0.2, 0.25) is 0 Å². The molecule has 17 heavy (non-hydrogen) atoms. The predicted molar refractivity (Wildman–Crippen MR) is 69.1 cm³/mol. The Labute approximate surface area is 103 Å². The Kier molecular flexibility index (Phi) is 2.21. The minimum absolute atomic E-state index is 0.101. The summed E-state index contributed by atoms with van der Waals surface area (Å²) < 4.78 is 23.1. The number of aromatic nitrogens is 1. The van der Waals surface area contributed by atoms with Gasteiger partial charge in [-0.25, -0.2) is 13.4 Å². The number of nitrogen functional groups attached to an aromatic ring is 1. The zero-order valence-electron chi connectivity index (χ0n) is 9.30. The average Bonchev–Trinajstić information content (AvgIpc) is 2.97. The molecular formula is C11H12N2O2S2. The van der Waals surface area contributed by atoms with E-state index in [2.05, 4.69) is 4.98 Å². The van der Waals surface area contributed by atoms with Gasteiger partial charge in [-0.05, 0) is 30.9 Å². The quantitative estimate of drug-likeness (QED) is 0.905. The Morgan fingerprint density at radius 3 is 2.71 bits per heavy atom. The molecule has 2 aromatic rings. The van der Waals surface area contributed by atoms with Gasteiger partial charge in [0.25, 0.3) is 0 Å². The van der Waals surface area contributed by atoms with Crippen LogP contribution < -0.4 is 5.73 Å². The van der Waals surface area contributed by atoms with E-state index in [1.807, 2.05) is 6.07 Å². The van der Waals surface area contributed by atoms with Crippen molar-refractivity contribution in [3.05, 3.63) is 17.0 Å². The van der Waals surface area contributed by atoms with E-state index < -0.39 is 9.84 Å². The zero-order valence-corrected chi connectivity index (χ0v) is 10.9. The average molecular weight is 268 g/mol. The number of rotatable bonds is 2. The van der Waals surface area contributed by atoms with Gasteiger partial charge in [0.1, 0.15) is 15.5 Å². The molecular weight excluding hydrogens is 256 g/mol. The Morgan fingerprint density at radius 2 is 2.12 bits per heavy atom. The van der Waals surface area contributed by atoms with Crippen molar-refractivity contribution in [1.29, 1.82) is 0 Å². The first-order valence-corrected chi connectivity index (χ1v) is 8.06. The first-order valence-electron chi connectivity index (χ1n) is 5.35. The highest BCUT2D eigenvalue weighted by molar-refractivity contribution is 7.90. The van der Waals surface area contributed by atoms with E-state index >= 15 is 0 Å². The standard InChI is InChI=1S/C11H12N2O2S2/c1-17(14,15)9-5-7-4-8(6-2-3-6)16-11(7)13-10(9)12/h4-6H,2-3H2,1H3,(H2,12,13). The second-order valence-electron chi connectivity index (χ2n) is 4.46. The van der Waals surface area contributed by atoms with Crippen LogP contribution in [0.15, 0.2) is 17.0 Å². The molecule has 2 aromatic heterocycles. The lowest BCUT2D eigenvalue weighted by Crippen LogP contribution is -2.03. The van der Waals surface area contributed by atoms with Crippen molar-refractivity contribution in [2.24, 2.45) is 0 Å². The molecule has 0 radical (unpaired) electrons. The molecule has 2 heterocycles. The van der Waals surface area contributed by atoms with Crippen LogP contribution in [0.25, 0.3) is 10.2 Å². The molecule has 1 saturated carbocycles. The van der Waals surface area contributed by atoms with Crippen LogP contribution in [0.3, 0.4) is 0 Å². The molecule has 0 atom stereocenters. The molecule has 1 aliphatic rings. The van der Waals surface area contributed by atoms with Gasteiger partial charge < -0.3 is 5.73 Å². The first kappa shape index (κ1) is 11.0. The van der Waals surface area contributed by atoms with Crippen molar-refractivity contribution in [3.8, 4) is 0 Å². The van der Waals surface area contributed by atoms with Gasteiger partial charge in [-0.15, -0.1) is 11.3 Å². The second kappa shape index (κ2) is 3.43. The molecule has 1 aliphatic carbocycles. The van der Waals surface area contributed by atoms with Crippen molar-refractivity contribution in [1.82, 2.24) is 4.98 Å². The van der Waals surface area contributed by atoms with Gasteiger partial charge in [-0.2, -0.15) is 0 Å². The maximum Gasteiger partial charge on any atom is 0.179 e. The molecule has 4 nitrogen and oxygen atoms in total. The fourth-order valence-electron chi connectivity index (χ4n) is 1.85. The maximum atomic E-state index is 11.5. The van der Waals surface area contributed by atoms with Gasteiger partial charge >= 0.3 is 0 Å². The third kappa shape index (κ3) is 1.91. The Bertz CT molecular complexity index is 700. The van der Waals surface area contributed by atoms with Crippen LogP contribution >= 0.6 is 11.3 Å². The predicted octanol–water partition coefficient (Wildman–Crippen LogP) is 2.16. The summed E-state index contributed by atoms with van der Waals surface area (Å²) in [6.07, 6.45) is 3.60. The van der Waals surface area contributed by atoms with Gasteiger partial charge in [0.15, 0.2) is 9.84 Å². The summed E-state index contributed by atoms with van der Waals surface area (Å²) in [5.74, 6) is 0.751. The van der Waals surface area contributed by atoms with E-state index in [0.717, 1.165) is 16.5 Å². The number of pyridine rings is 1. The Balaban J connectivity index is 2.23. The van der Waals surface area contributed by atoms with Crippen LogP contribution in [0.1, 0.15) is 23.6 Å². The Hall–Kier alpha value is -1.14. The van der Waals surface area contributed by atoms with Crippen LogP contribution in [-0.2, 0) is 9.84 Å². The third-order valence-electron chi connectivity index (χ3n) is 2.90. The molecule has 0 aromatic carbocycles. The Morgan fingerprint density at radius 1 is 1.41 bits per heavy atom. The topological polar surface area (TPSA) is 73.0 Å². The smallest absolute Gasteiger partial charge is 0.179 e. The van der Waals surface area contributed by atoms with E-state index in [0.29, 0.717) is 5.92 Å². The summed E-state index contributed by atoms with van der Waals surface area (Å²) in [7, 11) is -3.30. The van der Waals surface area contributed by atoms with Gasteiger partial charge in [0.2, 0.25) is 0 Å². The molecule has 1 fully saturated rings. The van der Waals surface area contributed by atoms with E-state index in [9.17, 15) is 8.42 Å². The van der Waals surface area contributed by atoms with E-state index in [4.69, 9.17) is 5.73 Å². The zero-order chi connectivity index (χ0) is 12.2. The highest BCUT2D eigenvalue weighted by Gasteiger charge is 2.26. The lowest BCUT2D eigenvalue weighted by atomic mass is 10.3.